The Kier molecular flexibility index (Phi) is 2.33. The van der Waals surface area contributed by atoms with E-state index in [4.69, 9.17) is 0 Å². The predicted octanol–water partition coefficient (Wildman–Crippen LogP) is 1.16. The number of hydrogen-bond donors (Lipinski definition) is 0. The monoisotopic (exact) mass is 187 g/mol. The van der Waals surface area contributed by atoms with E-state index < -0.39 is 0 Å². The van der Waals surface area contributed by atoms with E-state index in [1.54, 1.807) is 22.9 Å². The minimum absolute atomic E-state index is 1.23. The Bertz CT molecular complexity index is 262. The highest BCUT2D eigenvalue weighted by Gasteiger charge is 2.12. The molecule has 2 rings (SSSR count). The molecule has 0 amide bonds. The summed E-state index contributed by atoms with van der Waals surface area (Å²) in [5.74, 6) is 0. The minimum Gasteiger partial charge on any atom is -0.211 e. The van der Waals surface area contributed by atoms with Crippen molar-refractivity contribution in [3.8, 4) is 0 Å². The standard InChI is InChI=1S/C7H11N2S2/c1-2-4-9(5-3-1)7-10-6-8-11-7/h6H,1-5H2/q+1. The lowest BCUT2D eigenvalue weighted by Gasteiger charge is -2.06. The summed E-state index contributed by atoms with van der Waals surface area (Å²) >= 11 is 3.39. The Morgan fingerprint density at radius 3 is 2.73 bits per heavy atom. The number of nitrogens with zero attached hydrogens (tertiary/aromatic N) is 2. The largest absolute Gasteiger partial charge is 0.333 e. The quantitative estimate of drug-likeness (QED) is 0.557. The first-order valence-electron chi connectivity index (χ1n) is 3.94. The average molecular weight is 187 g/mol. The van der Waals surface area contributed by atoms with E-state index in [1.807, 2.05) is 5.51 Å². The van der Waals surface area contributed by atoms with Crippen LogP contribution in [0.25, 0.3) is 0 Å². The van der Waals surface area contributed by atoms with Crippen molar-refractivity contribution in [3.63, 3.8) is 0 Å². The van der Waals surface area contributed by atoms with Crippen LogP contribution in [0.4, 0.5) is 0 Å². The van der Waals surface area contributed by atoms with Crippen LogP contribution < -0.4 is 8.56 Å². The topological polar surface area (TPSA) is 15.9 Å². The zero-order valence-corrected chi connectivity index (χ0v) is 7.96. The molecule has 1 fully saturated rings. The van der Waals surface area contributed by atoms with Gasteiger partial charge in [-0.2, -0.15) is 4.37 Å². The summed E-state index contributed by atoms with van der Waals surface area (Å²) in [6, 6.07) is 0. The summed E-state index contributed by atoms with van der Waals surface area (Å²) in [4.78, 5) is 0. The Morgan fingerprint density at radius 2 is 2.09 bits per heavy atom. The highest BCUT2D eigenvalue weighted by molar-refractivity contribution is 7.22. The van der Waals surface area contributed by atoms with Crippen LogP contribution in [-0.4, -0.2) is 17.5 Å². The normalized spacial score (nSPS) is 18.7. The van der Waals surface area contributed by atoms with Gasteiger partial charge in [0.1, 0.15) is 13.1 Å². The maximum atomic E-state index is 4.12. The maximum Gasteiger partial charge on any atom is 0.333 e. The zero-order chi connectivity index (χ0) is 7.52. The fourth-order valence-electron chi connectivity index (χ4n) is 1.36. The molecule has 2 heterocycles. The second-order valence-corrected chi connectivity index (χ2v) is 4.61. The molecule has 60 valence electrons. The molecule has 0 atom stereocenters. The first-order chi connectivity index (χ1) is 5.47. The van der Waals surface area contributed by atoms with Crippen molar-refractivity contribution in [2.45, 2.75) is 19.3 Å². The molecule has 2 nitrogen and oxygen atoms in total. The first-order valence-corrected chi connectivity index (χ1v) is 5.59. The van der Waals surface area contributed by atoms with Gasteiger partial charge < -0.3 is 0 Å². The first kappa shape index (κ1) is 7.43. The Morgan fingerprint density at radius 1 is 1.27 bits per heavy atom. The summed E-state index contributed by atoms with van der Waals surface area (Å²) in [6.07, 6.45) is 4.11. The second kappa shape index (κ2) is 3.45. The van der Waals surface area contributed by atoms with Crippen LogP contribution >= 0.6 is 22.9 Å². The van der Waals surface area contributed by atoms with E-state index in [9.17, 15) is 0 Å². The van der Waals surface area contributed by atoms with Crippen molar-refractivity contribution in [1.29, 1.82) is 0 Å². The fourth-order valence-corrected chi connectivity index (χ4v) is 2.95. The van der Waals surface area contributed by atoms with E-state index in [0.717, 1.165) is 0 Å². The zero-order valence-electron chi connectivity index (χ0n) is 6.32. The molecule has 1 aliphatic rings. The number of piperidine rings is 1. The maximum absolute atomic E-state index is 4.12. The van der Waals surface area contributed by atoms with Crippen molar-refractivity contribution in [2.24, 2.45) is 0 Å². The SMILES string of the molecule is c1nsc(=[N+]2CCCCC2)s1. The molecule has 0 aliphatic carbocycles. The third kappa shape index (κ3) is 1.68. The molecule has 1 aromatic rings. The lowest BCUT2D eigenvalue weighted by molar-refractivity contribution is 0.459. The van der Waals surface area contributed by atoms with Gasteiger partial charge >= 0.3 is 3.98 Å². The molecule has 0 saturated carbocycles. The van der Waals surface area contributed by atoms with Gasteiger partial charge in [0, 0.05) is 24.4 Å². The molecule has 0 N–H and O–H groups in total. The average Bonchev–Trinajstić information content (AvgIpc) is 2.58. The number of hydrogen-bond acceptors (Lipinski definition) is 3. The molecule has 0 aromatic carbocycles. The highest BCUT2D eigenvalue weighted by atomic mass is 32.2. The van der Waals surface area contributed by atoms with Gasteiger partial charge in [-0.3, -0.25) is 0 Å². The molecule has 1 aromatic heterocycles. The summed E-state index contributed by atoms with van der Waals surface area (Å²) in [5, 5.41) is 0. The van der Waals surface area contributed by atoms with Gasteiger partial charge in [-0.25, -0.2) is 4.58 Å². The van der Waals surface area contributed by atoms with Crippen molar-refractivity contribution >= 4 is 22.9 Å². The van der Waals surface area contributed by atoms with Crippen LogP contribution in [0.3, 0.4) is 0 Å². The molecule has 1 aliphatic heterocycles. The smallest absolute Gasteiger partial charge is 0.211 e. The van der Waals surface area contributed by atoms with Crippen LogP contribution in [-0.2, 0) is 0 Å². The molecule has 1 saturated heterocycles. The summed E-state index contributed by atoms with van der Waals surface area (Å²) in [6.45, 7) is 2.47. The van der Waals surface area contributed by atoms with E-state index in [0.29, 0.717) is 0 Å². The molecule has 0 radical (unpaired) electrons. The van der Waals surface area contributed by atoms with Gasteiger partial charge in [0.15, 0.2) is 0 Å². The van der Waals surface area contributed by atoms with Gasteiger partial charge in [0.25, 0.3) is 0 Å². The number of aromatic nitrogens is 1. The van der Waals surface area contributed by atoms with E-state index >= 15 is 0 Å². The minimum atomic E-state index is 1.23. The van der Waals surface area contributed by atoms with Crippen LogP contribution in [0.2, 0.25) is 0 Å². The predicted molar refractivity (Wildman–Crippen MR) is 48.8 cm³/mol. The molecule has 4 heteroatoms. The Labute approximate surface area is 74.0 Å². The van der Waals surface area contributed by atoms with Crippen LogP contribution in [0.5, 0.6) is 0 Å². The van der Waals surface area contributed by atoms with Crippen LogP contribution in [0.1, 0.15) is 19.3 Å². The lowest BCUT2D eigenvalue weighted by atomic mass is 10.2. The van der Waals surface area contributed by atoms with Gasteiger partial charge in [0.2, 0.25) is 0 Å². The van der Waals surface area contributed by atoms with Crippen molar-refractivity contribution in [2.75, 3.05) is 13.1 Å². The fraction of sp³-hybridized carbons (Fsp3) is 0.714. The van der Waals surface area contributed by atoms with Crippen molar-refractivity contribution in [1.82, 2.24) is 8.95 Å². The van der Waals surface area contributed by atoms with Gasteiger partial charge in [-0.15, -0.1) is 0 Å². The third-order valence-corrected chi connectivity index (χ3v) is 3.88. The van der Waals surface area contributed by atoms with Crippen molar-refractivity contribution in [3.05, 3.63) is 9.50 Å². The highest BCUT2D eigenvalue weighted by Crippen LogP contribution is 2.02. The molecular formula is C7H11N2S2+. The summed E-state index contributed by atoms with van der Waals surface area (Å²) in [5.41, 5.74) is 1.93. The Hall–Kier alpha value is -0.220. The van der Waals surface area contributed by atoms with Gasteiger partial charge in [-0.05, 0) is 17.8 Å². The molecule has 0 spiro atoms. The van der Waals surface area contributed by atoms with Crippen molar-refractivity contribution < 1.29 is 0 Å². The van der Waals surface area contributed by atoms with Crippen LogP contribution in [0, 0.1) is 0 Å². The van der Waals surface area contributed by atoms with Gasteiger partial charge in [-0.1, -0.05) is 0 Å². The summed E-state index contributed by atoms with van der Waals surface area (Å²) in [7, 11) is 0. The molecule has 0 bridgehead atoms. The lowest BCUT2D eigenvalue weighted by Crippen LogP contribution is -2.31. The van der Waals surface area contributed by atoms with Crippen LogP contribution in [0.15, 0.2) is 5.51 Å². The molecule has 11 heavy (non-hydrogen) atoms. The third-order valence-electron chi connectivity index (χ3n) is 1.94. The Balaban J connectivity index is 2.32. The second-order valence-electron chi connectivity index (χ2n) is 2.73. The van der Waals surface area contributed by atoms with E-state index in [2.05, 4.69) is 8.95 Å². The molecule has 0 unspecified atom stereocenters. The summed E-state index contributed by atoms with van der Waals surface area (Å²) < 4.78 is 7.95. The van der Waals surface area contributed by atoms with Gasteiger partial charge in [0.05, 0.1) is 5.51 Å². The molecular weight excluding hydrogens is 176 g/mol. The number of rotatable bonds is 0. The van der Waals surface area contributed by atoms with E-state index in [1.165, 1.54) is 36.3 Å². The van der Waals surface area contributed by atoms with E-state index in [-0.39, 0.29) is 0 Å².